The Morgan fingerprint density at radius 2 is 2.12 bits per heavy atom. The molecule has 0 saturated heterocycles. The average molecular weight is 384 g/mol. The molecule has 94 valence electrons. The zero-order chi connectivity index (χ0) is 13.1. The van der Waals surface area contributed by atoms with Crippen molar-refractivity contribution in [1.29, 1.82) is 0 Å². The Morgan fingerprint density at radius 1 is 1.53 bits per heavy atom. The molecule has 0 aliphatic rings. The minimum Gasteiger partial charge on any atom is -0.392 e. The van der Waals surface area contributed by atoms with E-state index < -0.39 is 15.3 Å². The van der Waals surface area contributed by atoms with Crippen LogP contribution >= 0.6 is 34.8 Å². The quantitative estimate of drug-likeness (QED) is 0.603. The molecule has 3 N–H and O–H groups in total. The predicted octanol–water partition coefficient (Wildman–Crippen LogP) is 2.10. The minimum absolute atomic E-state index is 0.00839. The molecule has 0 heterocycles. The zero-order valence-corrected chi connectivity index (χ0v) is 13.0. The van der Waals surface area contributed by atoms with E-state index in [2.05, 4.69) is 27.3 Å². The molecule has 0 aliphatic heterocycles. The highest BCUT2D eigenvalue weighted by Gasteiger charge is 2.26. The molecule has 4 nitrogen and oxygen atoms in total. The maximum Gasteiger partial charge on any atom is 0.242 e. The topological polar surface area (TPSA) is 72.2 Å². The number of hydrogen-bond acceptors (Lipinski definition) is 3. The van der Waals surface area contributed by atoms with Crippen LogP contribution in [0, 0.1) is 3.57 Å². The molecule has 1 atom stereocenters. The number of para-hydroxylation sites is 1. The first-order valence-electron chi connectivity index (χ1n) is 4.94. The molecule has 1 rings (SSSR count). The van der Waals surface area contributed by atoms with Crippen LogP contribution < -0.4 is 10.5 Å². The fourth-order valence-electron chi connectivity index (χ4n) is 1.34. The first-order chi connectivity index (χ1) is 7.88. The molecule has 0 saturated carbocycles. The van der Waals surface area contributed by atoms with E-state index in [-0.39, 0.29) is 4.99 Å². The van der Waals surface area contributed by atoms with Crippen LogP contribution in [0.25, 0.3) is 0 Å². The van der Waals surface area contributed by atoms with Gasteiger partial charge in [0.2, 0.25) is 10.0 Å². The van der Waals surface area contributed by atoms with Gasteiger partial charge in [0.1, 0.15) is 5.25 Å². The Morgan fingerprint density at radius 3 is 2.59 bits per heavy atom. The third kappa shape index (κ3) is 3.78. The molecule has 7 heteroatoms. The summed E-state index contributed by atoms with van der Waals surface area (Å²) >= 11 is 6.83. The highest BCUT2D eigenvalue weighted by molar-refractivity contribution is 14.1. The summed E-state index contributed by atoms with van der Waals surface area (Å²) in [6.07, 6.45) is 0.355. The zero-order valence-electron chi connectivity index (χ0n) is 9.18. The second-order valence-corrected chi connectivity index (χ2v) is 6.92. The van der Waals surface area contributed by atoms with E-state index in [1.54, 1.807) is 19.1 Å². The summed E-state index contributed by atoms with van der Waals surface area (Å²) in [5.41, 5.74) is 5.98. The molecule has 1 unspecified atom stereocenters. The molecule has 0 amide bonds. The smallest absolute Gasteiger partial charge is 0.242 e. The fourth-order valence-corrected chi connectivity index (χ4v) is 3.97. The van der Waals surface area contributed by atoms with Gasteiger partial charge in [0, 0.05) is 3.57 Å². The van der Waals surface area contributed by atoms with Crippen LogP contribution in [-0.2, 0) is 10.0 Å². The van der Waals surface area contributed by atoms with Gasteiger partial charge >= 0.3 is 0 Å². The van der Waals surface area contributed by atoms with Crippen LogP contribution in [-0.4, -0.2) is 18.7 Å². The summed E-state index contributed by atoms with van der Waals surface area (Å²) in [5, 5.41) is -0.839. The highest BCUT2D eigenvalue weighted by Crippen LogP contribution is 2.20. The summed E-state index contributed by atoms with van der Waals surface area (Å²) in [6, 6.07) is 7.12. The van der Waals surface area contributed by atoms with E-state index in [0.717, 1.165) is 3.57 Å². The molecule has 0 aliphatic carbocycles. The van der Waals surface area contributed by atoms with Gasteiger partial charge in [-0.1, -0.05) is 31.3 Å². The van der Waals surface area contributed by atoms with Gasteiger partial charge in [0.15, 0.2) is 0 Å². The summed E-state index contributed by atoms with van der Waals surface area (Å²) < 4.78 is 27.4. The molecule has 17 heavy (non-hydrogen) atoms. The molecule has 0 bridgehead atoms. The first kappa shape index (κ1) is 14.7. The largest absolute Gasteiger partial charge is 0.392 e. The number of rotatable bonds is 5. The standard InChI is InChI=1S/C10H13IN2O2S2/c1-2-9(10(12)16)17(14,15)13-8-6-4-3-5-7(8)11/h3-6,9,13H,2H2,1H3,(H2,12,16). The van der Waals surface area contributed by atoms with E-state index in [4.69, 9.17) is 18.0 Å². The van der Waals surface area contributed by atoms with Crippen molar-refractivity contribution in [3.8, 4) is 0 Å². The van der Waals surface area contributed by atoms with Crippen molar-refractivity contribution < 1.29 is 8.42 Å². The molecular weight excluding hydrogens is 371 g/mol. The number of sulfonamides is 1. The van der Waals surface area contributed by atoms with Gasteiger partial charge in [0.25, 0.3) is 0 Å². The Bertz CT molecular complexity index is 517. The number of thiocarbonyl (C=S) groups is 1. The molecule has 0 spiro atoms. The van der Waals surface area contributed by atoms with E-state index in [9.17, 15) is 8.42 Å². The van der Waals surface area contributed by atoms with Crippen molar-refractivity contribution >= 4 is 55.5 Å². The third-order valence-corrected chi connectivity index (χ3v) is 5.40. The Labute approximate surface area is 120 Å². The summed E-state index contributed by atoms with van der Waals surface area (Å²) in [6.45, 7) is 1.74. The number of nitrogens with two attached hydrogens (primary N) is 1. The predicted molar refractivity (Wildman–Crippen MR) is 82.6 cm³/mol. The van der Waals surface area contributed by atoms with Crippen molar-refractivity contribution in [2.45, 2.75) is 18.6 Å². The van der Waals surface area contributed by atoms with Gasteiger partial charge in [-0.2, -0.15) is 0 Å². The lowest BCUT2D eigenvalue weighted by Crippen LogP contribution is -2.37. The van der Waals surface area contributed by atoms with Gasteiger partial charge in [-0.05, 0) is 41.1 Å². The van der Waals surface area contributed by atoms with Crippen LogP contribution in [0.1, 0.15) is 13.3 Å². The van der Waals surface area contributed by atoms with Gasteiger partial charge in [-0.15, -0.1) is 0 Å². The van der Waals surface area contributed by atoms with Crippen molar-refractivity contribution in [1.82, 2.24) is 0 Å². The van der Waals surface area contributed by atoms with Crippen LogP contribution in [0.3, 0.4) is 0 Å². The van der Waals surface area contributed by atoms with Gasteiger partial charge in [0.05, 0.1) is 10.7 Å². The van der Waals surface area contributed by atoms with Crippen LogP contribution in [0.5, 0.6) is 0 Å². The van der Waals surface area contributed by atoms with E-state index in [1.165, 1.54) is 0 Å². The Balaban J connectivity index is 3.02. The Kier molecular flexibility index (Phi) is 5.14. The highest BCUT2D eigenvalue weighted by atomic mass is 127. The number of benzene rings is 1. The summed E-state index contributed by atoms with van der Waals surface area (Å²) in [4.78, 5) is -0.00839. The van der Waals surface area contributed by atoms with E-state index in [1.807, 2.05) is 12.1 Å². The average Bonchev–Trinajstić information content (AvgIpc) is 2.21. The van der Waals surface area contributed by atoms with Gasteiger partial charge < -0.3 is 5.73 Å². The lowest BCUT2D eigenvalue weighted by Gasteiger charge is -2.16. The molecule has 1 aromatic rings. The minimum atomic E-state index is -3.57. The molecular formula is C10H13IN2O2S2. The molecule has 0 radical (unpaired) electrons. The van der Waals surface area contributed by atoms with Crippen LogP contribution in [0.15, 0.2) is 24.3 Å². The van der Waals surface area contributed by atoms with Crippen molar-refractivity contribution in [3.63, 3.8) is 0 Å². The van der Waals surface area contributed by atoms with Crippen molar-refractivity contribution in [2.24, 2.45) is 5.73 Å². The van der Waals surface area contributed by atoms with E-state index in [0.29, 0.717) is 12.1 Å². The lowest BCUT2D eigenvalue weighted by atomic mass is 10.3. The van der Waals surface area contributed by atoms with E-state index >= 15 is 0 Å². The number of anilines is 1. The van der Waals surface area contributed by atoms with Gasteiger partial charge in [-0.3, -0.25) is 4.72 Å². The lowest BCUT2D eigenvalue weighted by molar-refractivity contribution is 0.594. The van der Waals surface area contributed by atoms with Crippen molar-refractivity contribution in [3.05, 3.63) is 27.8 Å². The molecule has 0 fully saturated rings. The number of halogens is 1. The number of nitrogens with one attached hydrogen (secondary N) is 1. The monoisotopic (exact) mass is 384 g/mol. The SMILES string of the molecule is CCC(C(N)=S)S(=O)(=O)Nc1ccccc1I. The second-order valence-electron chi connectivity index (χ2n) is 3.43. The second kappa shape index (κ2) is 5.96. The molecule has 1 aromatic carbocycles. The number of hydrogen-bond donors (Lipinski definition) is 2. The van der Waals surface area contributed by atoms with Crippen LogP contribution in [0.2, 0.25) is 0 Å². The summed E-state index contributed by atoms with van der Waals surface area (Å²) in [7, 11) is -3.57. The van der Waals surface area contributed by atoms with Crippen molar-refractivity contribution in [2.75, 3.05) is 4.72 Å². The fraction of sp³-hybridized carbons (Fsp3) is 0.300. The normalized spacial score (nSPS) is 13.1. The summed E-state index contributed by atoms with van der Waals surface area (Å²) in [5.74, 6) is 0. The first-order valence-corrected chi connectivity index (χ1v) is 7.97. The third-order valence-electron chi connectivity index (χ3n) is 2.19. The maximum atomic E-state index is 12.0. The maximum absolute atomic E-state index is 12.0. The van der Waals surface area contributed by atoms with Gasteiger partial charge in [-0.25, -0.2) is 8.42 Å². The molecule has 0 aromatic heterocycles. The van der Waals surface area contributed by atoms with Crippen LogP contribution in [0.4, 0.5) is 5.69 Å². The Hall–Kier alpha value is -0.410.